The van der Waals surface area contributed by atoms with Crippen molar-refractivity contribution in [3.63, 3.8) is 0 Å². The summed E-state index contributed by atoms with van der Waals surface area (Å²) in [5.74, 6) is -0.971. The van der Waals surface area contributed by atoms with Gasteiger partial charge >= 0.3 is 5.97 Å². The van der Waals surface area contributed by atoms with E-state index in [0.29, 0.717) is 11.4 Å². The molecule has 1 amide bonds. The zero-order chi connectivity index (χ0) is 20.6. The number of nitrogens with zero attached hydrogens (tertiary/aromatic N) is 2. The van der Waals surface area contributed by atoms with Crippen molar-refractivity contribution in [1.29, 1.82) is 0 Å². The Morgan fingerprint density at radius 2 is 2.10 bits per heavy atom. The quantitative estimate of drug-likeness (QED) is 0.544. The number of carbonyl (C=O) groups is 3. The Morgan fingerprint density at radius 1 is 1.28 bits per heavy atom. The summed E-state index contributed by atoms with van der Waals surface area (Å²) in [7, 11) is -3.48. The van der Waals surface area contributed by atoms with Gasteiger partial charge in [0.2, 0.25) is 0 Å². The lowest BCUT2D eigenvalue weighted by molar-refractivity contribution is -0.137. The molecule has 3 heterocycles. The topological polar surface area (TPSA) is 131 Å². The van der Waals surface area contributed by atoms with Crippen molar-refractivity contribution in [2.24, 2.45) is 4.40 Å². The summed E-state index contributed by atoms with van der Waals surface area (Å²) in [6.45, 7) is -0.410. The number of amidine groups is 1. The molecule has 0 atom stereocenters. The largest absolute Gasteiger partial charge is 0.482 e. The molecule has 3 aliphatic heterocycles. The van der Waals surface area contributed by atoms with Crippen molar-refractivity contribution in [2.45, 2.75) is 0 Å². The minimum Gasteiger partial charge on any atom is -0.482 e. The number of hydrogen-bond acceptors (Lipinski definition) is 8. The van der Waals surface area contributed by atoms with Gasteiger partial charge in [0, 0.05) is 18.3 Å². The second-order valence-corrected chi connectivity index (χ2v) is 8.15. The summed E-state index contributed by atoms with van der Waals surface area (Å²) >= 11 is 0. The monoisotopic (exact) mass is 417 g/mol. The molecule has 0 fully saturated rings. The van der Waals surface area contributed by atoms with Gasteiger partial charge in [0.1, 0.15) is 11.6 Å². The smallest absolute Gasteiger partial charge is 0.340 e. The molecule has 11 heteroatoms. The summed E-state index contributed by atoms with van der Waals surface area (Å²) in [5.41, 5.74) is 0.802. The first kappa shape index (κ1) is 18.9. The molecule has 0 bridgehead atoms. The lowest BCUT2D eigenvalue weighted by atomic mass is 10.1. The Labute approximate surface area is 165 Å². The normalized spacial score (nSPS) is 19.0. The summed E-state index contributed by atoms with van der Waals surface area (Å²) < 4.78 is 36.9. The van der Waals surface area contributed by atoms with E-state index in [4.69, 9.17) is 9.47 Å². The number of fused-ring (bicyclic) bond motifs is 2. The molecule has 1 N–H and O–H groups in total. The highest BCUT2D eigenvalue weighted by atomic mass is 32.2. The van der Waals surface area contributed by atoms with E-state index in [1.54, 1.807) is 6.07 Å². The van der Waals surface area contributed by atoms with Crippen LogP contribution in [0.5, 0.6) is 5.75 Å². The summed E-state index contributed by atoms with van der Waals surface area (Å²) in [4.78, 5) is 37.5. The van der Waals surface area contributed by atoms with Crippen LogP contribution in [0.25, 0.3) is 0 Å². The maximum atomic E-state index is 12.3. The van der Waals surface area contributed by atoms with Crippen LogP contribution in [0, 0.1) is 0 Å². The molecule has 0 spiro atoms. The molecule has 10 nitrogen and oxygen atoms in total. The van der Waals surface area contributed by atoms with Crippen LogP contribution in [0.3, 0.4) is 0 Å². The second kappa shape index (κ2) is 7.17. The third-order valence-corrected chi connectivity index (χ3v) is 5.49. The average molecular weight is 417 g/mol. The van der Waals surface area contributed by atoms with E-state index >= 15 is 0 Å². The van der Waals surface area contributed by atoms with Gasteiger partial charge in [0.05, 0.1) is 17.0 Å². The number of nitrogens with one attached hydrogen (secondary N) is 1. The maximum absolute atomic E-state index is 12.3. The van der Waals surface area contributed by atoms with E-state index in [-0.39, 0.29) is 41.8 Å². The van der Waals surface area contributed by atoms with Crippen LogP contribution >= 0.6 is 0 Å². The molecular formula is C18H15N3O7S. The Bertz CT molecular complexity index is 1120. The second-order valence-electron chi connectivity index (χ2n) is 6.39. The summed E-state index contributed by atoms with van der Waals surface area (Å²) in [6.07, 6.45) is 4.22. The van der Waals surface area contributed by atoms with Gasteiger partial charge in [-0.05, 0) is 30.4 Å². The zero-order valence-corrected chi connectivity index (χ0v) is 15.8. The van der Waals surface area contributed by atoms with Crippen LogP contribution in [0.1, 0.15) is 10.4 Å². The molecule has 0 radical (unpaired) electrons. The van der Waals surface area contributed by atoms with Crippen LogP contribution in [0.2, 0.25) is 0 Å². The molecule has 0 saturated heterocycles. The van der Waals surface area contributed by atoms with Gasteiger partial charge < -0.3 is 19.7 Å². The number of ketones is 1. The standard InChI is InChI=1S/C18H15N3O7S/c22-14(11-1-3-15-13(7-11)19-17(23)10-27-15)9-28-18(24)12-2-4-16-20-29(25,26)6-5-21(16)8-12/h1-4,7-8H,5-6,9-10H2,(H,19,23). The predicted octanol–water partition coefficient (Wildman–Crippen LogP) is 0.241. The first-order valence-electron chi connectivity index (χ1n) is 8.57. The highest BCUT2D eigenvalue weighted by Gasteiger charge is 2.26. The highest BCUT2D eigenvalue weighted by Crippen LogP contribution is 2.28. The fourth-order valence-corrected chi connectivity index (χ4v) is 3.85. The van der Waals surface area contributed by atoms with Crippen LogP contribution in [0.15, 0.2) is 46.5 Å². The van der Waals surface area contributed by atoms with E-state index in [9.17, 15) is 22.8 Å². The number of rotatable bonds is 4. The fourth-order valence-electron chi connectivity index (χ4n) is 2.88. The third-order valence-electron chi connectivity index (χ3n) is 4.33. The molecule has 0 aromatic heterocycles. The summed E-state index contributed by atoms with van der Waals surface area (Å²) in [6, 6.07) is 4.53. The lowest BCUT2D eigenvalue weighted by Crippen LogP contribution is -2.37. The number of carbonyl (C=O) groups excluding carboxylic acids is 3. The number of hydrogen-bond donors (Lipinski definition) is 1. The van der Waals surface area contributed by atoms with E-state index in [2.05, 4.69) is 9.71 Å². The van der Waals surface area contributed by atoms with Gasteiger partial charge in [0.15, 0.2) is 19.0 Å². The maximum Gasteiger partial charge on any atom is 0.340 e. The Balaban J connectivity index is 1.40. The molecule has 0 saturated carbocycles. The van der Waals surface area contributed by atoms with Gasteiger partial charge in [-0.25, -0.2) is 13.2 Å². The number of Topliss-reactive ketones (excluding diaryl/α,β-unsaturated/α-hetero) is 1. The number of benzene rings is 1. The van der Waals surface area contributed by atoms with Crippen molar-refractivity contribution < 1.29 is 32.3 Å². The lowest BCUT2D eigenvalue weighted by Gasteiger charge is -2.26. The van der Waals surface area contributed by atoms with Crippen LogP contribution in [-0.4, -0.2) is 62.3 Å². The predicted molar refractivity (Wildman–Crippen MR) is 101 cm³/mol. The summed E-state index contributed by atoms with van der Waals surface area (Å²) in [5, 5.41) is 2.60. The Morgan fingerprint density at radius 3 is 2.93 bits per heavy atom. The Hall–Kier alpha value is -3.47. The third kappa shape index (κ3) is 4.04. The Kier molecular flexibility index (Phi) is 4.66. The molecular weight excluding hydrogens is 402 g/mol. The molecule has 3 aliphatic rings. The minimum atomic E-state index is -3.48. The highest BCUT2D eigenvalue weighted by molar-refractivity contribution is 7.90. The molecule has 0 unspecified atom stereocenters. The molecule has 1 aromatic carbocycles. The first-order chi connectivity index (χ1) is 13.8. The van der Waals surface area contributed by atoms with Crippen LogP contribution in [-0.2, 0) is 24.3 Å². The molecule has 0 aliphatic carbocycles. The van der Waals surface area contributed by atoms with E-state index in [1.807, 2.05) is 0 Å². The molecule has 29 heavy (non-hydrogen) atoms. The van der Waals surface area contributed by atoms with Gasteiger partial charge in [-0.15, -0.1) is 4.40 Å². The van der Waals surface area contributed by atoms with Crippen molar-refractivity contribution in [3.05, 3.63) is 47.7 Å². The average Bonchev–Trinajstić information content (AvgIpc) is 2.70. The van der Waals surface area contributed by atoms with Gasteiger partial charge in [-0.1, -0.05) is 0 Å². The molecule has 150 valence electrons. The van der Waals surface area contributed by atoms with Crippen molar-refractivity contribution in [1.82, 2.24) is 4.90 Å². The molecule has 4 rings (SSSR count). The first-order valence-corrected chi connectivity index (χ1v) is 10.2. The molecule has 1 aromatic rings. The van der Waals surface area contributed by atoms with E-state index < -0.39 is 28.4 Å². The zero-order valence-electron chi connectivity index (χ0n) is 15.0. The van der Waals surface area contributed by atoms with E-state index in [0.717, 1.165) is 0 Å². The number of sulfonamides is 1. The van der Waals surface area contributed by atoms with Crippen LogP contribution in [0.4, 0.5) is 5.69 Å². The van der Waals surface area contributed by atoms with Gasteiger partial charge in [-0.2, -0.15) is 0 Å². The van der Waals surface area contributed by atoms with Crippen molar-refractivity contribution in [2.75, 3.05) is 30.8 Å². The fraction of sp³-hybridized carbons (Fsp3) is 0.222. The van der Waals surface area contributed by atoms with Crippen molar-refractivity contribution in [3.8, 4) is 5.75 Å². The number of ether oxygens (including phenoxy) is 2. The van der Waals surface area contributed by atoms with Crippen LogP contribution < -0.4 is 10.1 Å². The van der Waals surface area contributed by atoms with Gasteiger partial charge in [-0.3, -0.25) is 9.59 Å². The van der Waals surface area contributed by atoms with Gasteiger partial charge in [0.25, 0.3) is 15.9 Å². The van der Waals surface area contributed by atoms with Crippen molar-refractivity contribution >= 4 is 39.2 Å². The minimum absolute atomic E-state index is 0.0874. The van der Waals surface area contributed by atoms with E-state index in [1.165, 1.54) is 35.4 Å². The SMILES string of the molecule is O=C1COc2ccc(C(=O)COC(=O)C3=CN4CCS(=O)(=O)N=C4C=C3)cc2N1. The number of amides is 1. The number of anilines is 1. The number of esters is 1.